The monoisotopic (exact) mass is 381 g/mol. The molecule has 1 unspecified atom stereocenters. The topological polar surface area (TPSA) is 86.8 Å². The van der Waals surface area contributed by atoms with E-state index in [0.717, 1.165) is 35.9 Å². The minimum absolute atomic E-state index is 0.124. The summed E-state index contributed by atoms with van der Waals surface area (Å²) in [5.74, 6) is -0.647. The second kappa shape index (κ2) is 8.18. The molecule has 1 heterocycles. The Hall–Kier alpha value is -1.93. The van der Waals surface area contributed by atoms with E-state index in [1.807, 2.05) is 32.0 Å². The van der Waals surface area contributed by atoms with E-state index in [2.05, 4.69) is 5.32 Å². The molecule has 1 atom stereocenters. The van der Waals surface area contributed by atoms with Gasteiger partial charge in [-0.05, 0) is 37.8 Å². The fourth-order valence-electron chi connectivity index (χ4n) is 3.29. The Labute approximate surface area is 155 Å². The number of likely N-dealkylation sites (N-methyl/N-ethyl adjacent to an activating group) is 1. The van der Waals surface area contributed by atoms with Gasteiger partial charge in [0, 0.05) is 19.3 Å². The number of aryl methyl sites for hydroxylation is 2. The average Bonchev–Trinajstić information content (AvgIpc) is 2.57. The molecule has 1 saturated heterocycles. The molecular formula is C18H27N3O4S. The molecule has 1 N–H and O–H groups in total. The van der Waals surface area contributed by atoms with Gasteiger partial charge in [-0.1, -0.05) is 24.6 Å². The van der Waals surface area contributed by atoms with Crippen LogP contribution < -0.4 is 5.32 Å². The molecule has 0 aromatic heterocycles. The largest absolute Gasteiger partial charge is 0.335 e. The van der Waals surface area contributed by atoms with Gasteiger partial charge in [0.25, 0.3) is 0 Å². The number of benzene rings is 1. The fourth-order valence-corrected chi connectivity index (χ4v) is 4.41. The molecule has 0 radical (unpaired) electrons. The SMILES string of the molecule is Cc1cccc(C)c1NC(=O)CN(C)C(=O)C1CCCCN1S(C)(=O)=O. The van der Waals surface area contributed by atoms with E-state index in [9.17, 15) is 18.0 Å². The molecule has 8 heteroatoms. The van der Waals surface area contributed by atoms with Gasteiger partial charge in [0.2, 0.25) is 21.8 Å². The summed E-state index contributed by atoms with van der Waals surface area (Å²) in [5, 5.41) is 2.84. The first-order valence-corrected chi connectivity index (χ1v) is 10.5. The number of sulfonamides is 1. The Bertz CT molecular complexity index is 771. The summed E-state index contributed by atoms with van der Waals surface area (Å²) in [4.78, 5) is 26.4. The molecule has 1 aliphatic heterocycles. The molecule has 0 saturated carbocycles. The number of para-hydroxylation sites is 1. The lowest BCUT2D eigenvalue weighted by atomic mass is 10.0. The fraction of sp³-hybridized carbons (Fsp3) is 0.556. The normalized spacial score (nSPS) is 18.4. The first-order valence-electron chi connectivity index (χ1n) is 8.69. The molecule has 144 valence electrons. The van der Waals surface area contributed by atoms with Crippen molar-refractivity contribution in [1.82, 2.24) is 9.21 Å². The Morgan fingerprint density at radius 3 is 2.42 bits per heavy atom. The van der Waals surface area contributed by atoms with Crippen molar-refractivity contribution in [3.63, 3.8) is 0 Å². The van der Waals surface area contributed by atoms with Gasteiger partial charge < -0.3 is 10.2 Å². The van der Waals surface area contributed by atoms with Crippen molar-refractivity contribution in [1.29, 1.82) is 0 Å². The second-order valence-electron chi connectivity index (χ2n) is 6.89. The number of carbonyl (C=O) groups excluding carboxylic acids is 2. The number of hydrogen-bond acceptors (Lipinski definition) is 4. The zero-order valence-electron chi connectivity index (χ0n) is 15.8. The lowest BCUT2D eigenvalue weighted by Crippen LogP contribution is -2.52. The van der Waals surface area contributed by atoms with Gasteiger partial charge in [0.05, 0.1) is 12.8 Å². The van der Waals surface area contributed by atoms with E-state index in [4.69, 9.17) is 0 Å². The van der Waals surface area contributed by atoms with Crippen LogP contribution in [0.25, 0.3) is 0 Å². The van der Waals surface area contributed by atoms with E-state index < -0.39 is 16.1 Å². The van der Waals surface area contributed by atoms with E-state index in [0.29, 0.717) is 13.0 Å². The Kier molecular flexibility index (Phi) is 6.41. The van der Waals surface area contributed by atoms with Crippen LogP contribution in [0.2, 0.25) is 0 Å². The van der Waals surface area contributed by atoms with Crippen LogP contribution in [0.5, 0.6) is 0 Å². The van der Waals surface area contributed by atoms with E-state index >= 15 is 0 Å². The number of carbonyl (C=O) groups is 2. The molecule has 26 heavy (non-hydrogen) atoms. The van der Waals surface area contributed by atoms with Gasteiger partial charge in [-0.3, -0.25) is 9.59 Å². The van der Waals surface area contributed by atoms with E-state index in [1.54, 1.807) is 0 Å². The summed E-state index contributed by atoms with van der Waals surface area (Å²) >= 11 is 0. The summed E-state index contributed by atoms with van der Waals surface area (Å²) in [6.07, 6.45) is 3.14. The standard InChI is InChI=1S/C18H27N3O4S/c1-13-8-7-9-14(2)17(13)19-16(22)12-20(3)18(23)15-10-5-6-11-21(15)26(4,24)25/h7-9,15H,5-6,10-12H2,1-4H3,(H,19,22). The first kappa shape index (κ1) is 20.4. The van der Waals surface area contributed by atoms with Gasteiger partial charge >= 0.3 is 0 Å². The van der Waals surface area contributed by atoms with Crippen molar-refractivity contribution in [2.75, 3.05) is 31.7 Å². The van der Waals surface area contributed by atoms with E-state index in [-0.39, 0.29) is 18.4 Å². The third-order valence-corrected chi connectivity index (χ3v) is 5.96. The highest BCUT2D eigenvalue weighted by atomic mass is 32.2. The van der Waals surface area contributed by atoms with Crippen LogP contribution in [0, 0.1) is 13.8 Å². The highest BCUT2D eigenvalue weighted by Crippen LogP contribution is 2.22. The Morgan fingerprint density at radius 1 is 1.23 bits per heavy atom. The van der Waals surface area contributed by atoms with Crippen LogP contribution in [0.15, 0.2) is 18.2 Å². The van der Waals surface area contributed by atoms with Crippen LogP contribution in [-0.4, -0.2) is 61.9 Å². The van der Waals surface area contributed by atoms with Gasteiger partial charge in [-0.2, -0.15) is 4.31 Å². The number of amides is 2. The van der Waals surface area contributed by atoms with Crippen LogP contribution in [0.1, 0.15) is 30.4 Å². The van der Waals surface area contributed by atoms with Gasteiger partial charge in [0.15, 0.2) is 0 Å². The van der Waals surface area contributed by atoms with Crippen LogP contribution in [0.4, 0.5) is 5.69 Å². The first-order chi connectivity index (χ1) is 12.1. The maximum absolute atomic E-state index is 12.7. The van der Waals surface area contributed by atoms with Crippen molar-refractivity contribution in [3.05, 3.63) is 29.3 Å². The highest BCUT2D eigenvalue weighted by Gasteiger charge is 2.36. The number of rotatable bonds is 5. The Balaban J connectivity index is 2.05. The van der Waals surface area contributed by atoms with Crippen molar-refractivity contribution in [2.45, 2.75) is 39.2 Å². The molecule has 0 spiro atoms. The zero-order valence-corrected chi connectivity index (χ0v) is 16.6. The predicted octanol–water partition coefficient (Wildman–Crippen LogP) is 1.51. The summed E-state index contributed by atoms with van der Waals surface area (Å²) in [6.45, 7) is 4.03. The maximum atomic E-state index is 12.7. The lowest BCUT2D eigenvalue weighted by Gasteiger charge is -2.34. The van der Waals surface area contributed by atoms with Gasteiger partial charge in [0.1, 0.15) is 6.04 Å². The Morgan fingerprint density at radius 2 is 1.85 bits per heavy atom. The van der Waals surface area contributed by atoms with Gasteiger partial charge in [-0.15, -0.1) is 0 Å². The number of nitrogens with one attached hydrogen (secondary N) is 1. The van der Waals surface area contributed by atoms with Crippen molar-refractivity contribution >= 4 is 27.5 Å². The van der Waals surface area contributed by atoms with E-state index in [1.165, 1.54) is 16.3 Å². The number of piperidine rings is 1. The average molecular weight is 381 g/mol. The minimum Gasteiger partial charge on any atom is -0.335 e. The summed E-state index contributed by atoms with van der Waals surface area (Å²) in [6, 6.07) is 5.00. The molecular weight excluding hydrogens is 354 g/mol. The number of anilines is 1. The number of hydrogen-bond donors (Lipinski definition) is 1. The smallest absolute Gasteiger partial charge is 0.243 e. The quantitative estimate of drug-likeness (QED) is 0.838. The van der Waals surface area contributed by atoms with Crippen molar-refractivity contribution in [3.8, 4) is 0 Å². The maximum Gasteiger partial charge on any atom is 0.243 e. The molecule has 1 aliphatic rings. The van der Waals surface area contributed by atoms with Crippen LogP contribution >= 0.6 is 0 Å². The lowest BCUT2D eigenvalue weighted by molar-refractivity contribution is -0.137. The molecule has 2 amide bonds. The number of nitrogens with zero attached hydrogens (tertiary/aromatic N) is 2. The predicted molar refractivity (Wildman–Crippen MR) is 101 cm³/mol. The summed E-state index contributed by atoms with van der Waals surface area (Å²) in [5.41, 5.74) is 2.64. The van der Waals surface area contributed by atoms with Crippen molar-refractivity contribution in [2.24, 2.45) is 0 Å². The highest BCUT2D eigenvalue weighted by molar-refractivity contribution is 7.88. The van der Waals surface area contributed by atoms with Crippen molar-refractivity contribution < 1.29 is 18.0 Å². The molecule has 1 aromatic carbocycles. The summed E-state index contributed by atoms with van der Waals surface area (Å²) < 4.78 is 25.1. The molecule has 1 fully saturated rings. The molecule has 0 aliphatic carbocycles. The molecule has 1 aromatic rings. The van der Waals surface area contributed by atoms with Gasteiger partial charge in [-0.25, -0.2) is 8.42 Å². The molecule has 2 rings (SSSR count). The molecule has 0 bridgehead atoms. The second-order valence-corrected chi connectivity index (χ2v) is 8.83. The molecule has 7 nitrogen and oxygen atoms in total. The minimum atomic E-state index is -3.46. The third kappa shape index (κ3) is 4.82. The summed E-state index contributed by atoms with van der Waals surface area (Å²) in [7, 11) is -1.93. The van der Waals surface area contributed by atoms with Crippen LogP contribution in [0.3, 0.4) is 0 Å². The third-order valence-electron chi connectivity index (χ3n) is 4.67. The van der Waals surface area contributed by atoms with Crippen LogP contribution in [-0.2, 0) is 19.6 Å². The zero-order chi connectivity index (χ0) is 19.5.